The van der Waals surface area contributed by atoms with Gasteiger partial charge >= 0.3 is 0 Å². The van der Waals surface area contributed by atoms with E-state index < -0.39 is 0 Å². The summed E-state index contributed by atoms with van der Waals surface area (Å²) in [4.78, 5) is 15.1. The van der Waals surface area contributed by atoms with Gasteiger partial charge in [0.25, 0.3) is 0 Å². The summed E-state index contributed by atoms with van der Waals surface area (Å²) in [5.74, 6) is 0.255. The molecule has 0 amide bonds. The second kappa shape index (κ2) is 5.87. The minimum absolute atomic E-state index is 0.255. The molecule has 0 aliphatic carbocycles. The molecule has 1 aromatic rings. The Kier molecular flexibility index (Phi) is 4.41. The number of benzene rings is 1. The molecule has 19 heavy (non-hydrogen) atoms. The number of piperidine rings is 1. The molecule has 1 aliphatic heterocycles. The topological polar surface area (TPSA) is 20.3 Å². The first-order valence-electron chi connectivity index (χ1n) is 7.34. The lowest BCUT2D eigenvalue weighted by Crippen LogP contribution is -2.45. The average molecular weight is 259 g/mol. The van der Waals surface area contributed by atoms with Gasteiger partial charge in [-0.3, -0.25) is 9.69 Å². The third kappa shape index (κ3) is 3.44. The summed E-state index contributed by atoms with van der Waals surface area (Å²) in [5.41, 5.74) is 0.518. The predicted molar refractivity (Wildman–Crippen MR) is 79.4 cm³/mol. The maximum Gasteiger partial charge on any atom is 0.169 e. The second-order valence-corrected chi connectivity index (χ2v) is 6.39. The van der Waals surface area contributed by atoms with Crippen LogP contribution in [0.25, 0.3) is 0 Å². The van der Waals surface area contributed by atoms with Gasteiger partial charge in [0.1, 0.15) is 0 Å². The molecule has 2 rings (SSSR count). The van der Waals surface area contributed by atoms with Crippen LogP contribution >= 0.6 is 0 Å². The molecular weight excluding hydrogens is 234 g/mol. The van der Waals surface area contributed by atoms with Crippen LogP contribution in [0, 0.1) is 5.41 Å². The van der Waals surface area contributed by atoms with E-state index >= 15 is 0 Å². The van der Waals surface area contributed by atoms with E-state index in [9.17, 15) is 4.79 Å². The molecule has 2 heteroatoms. The van der Waals surface area contributed by atoms with E-state index in [1.54, 1.807) is 0 Å². The second-order valence-electron chi connectivity index (χ2n) is 6.39. The molecule has 1 atom stereocenters. The van der Waals surface area contributed by atoms with Gasteiger partial charge in [0.2, 0.25) is 0 Å². The average Bonchev–Trinajstić information content (AvgIpc) is 2.41. The van der Waals surface area contributed by atoms with Gasteiger partial charge in [-0.15, -0.1) is 0 Å². The highest BCUT2D eigenvalue weighted by Crippen LogP contribution is 2.27. The van der Waals surface area contributed by atoms with Crippen molar-refractivity contribution in [3.05, 3.63) is 35.9 Å². The number of ketones is 1. The van der Waals surface area contributed by atoms with Gasteiger partial charge in [0.05, 0.1) is 0 Å². The van der Waals surface area contributed by atoms with Crippen molar-refractivity contribution in [2.75, 3.05) is 13.1 Å². The van der Waals surface area contributed by atoms with E-state index in [1.807, 2.05) is 30.3 Å². The van der Waals surface area contributed by atoms with Crippen LogP contribution in [-0.2, 0) is 0 Å². The molecule has 1 fully saturated rings. The van der Waals surface area contributed by atoms with Crippen LogP contribution in [0.3, 0.4) is 0 Å². The number of carbonyl (C=O) groups excluding carboxylic acids is 1. The zero-order valence-electron chi connectivity index (χ0n) is 12.4. The molecular formula is C17H25NO. The third-order valence-corrected chi connectivity index (χ3v) is 4.19. The van der Waals surface area contributed by atoms with Crippen molar-refractivity contribution in [1.82, 2.24) is 4.90 Å². The van der Waals surface area contributed by atoms with E-state index in [0.29, 0.717) is 6.04 Å². The van der Waals surface area contributed by atoms with Crippen molar-refractivity contribution in [2.24, 2.45) is 5.41 Å². The fourth-order valence-corrected chi connectivity index (χ4v) is 2.95. The van der Waals surface area contributed by atoms with Crippen molar-refractivity contribution >= 4 is 5.78 Å². The Morgan fingerprint density at radius 1 is 1.26 bits per heavy atom. The van der Waals surface area contributed by atoms with E-state index in [0.717, 1.165) is 18.7 Å². The summed E-state index contributed by atoms with van der Waals surface area (Å²) in [6, 6.07) is 10.3. The summed E-state index contributed by atoms with van der Waals surface area (Å²) >= 11 is 0. The van der Waals surface area contributed by atoms with Crippen molar-refractivity contribution in [2.45, 2.75) is 46.1 Å². The highest BCUT2D eigenvalue weighted by molar-refractivity contribution is 6.00. The standard InChI is InChI=1S/C17H25NO/c1-14-9-7-8-12-18(14)13-17(2,3)16(19)15-10-5-4-6-11-15/h4-6,10-11,14H,7-9,12-13H2,1-3H3. The lowest BCUT2D eigenvalue weighted by atomic mass is 9.82. The number of carbonyl (C=O) groups is 1. The summed E-state index contributed by atoms with van der Waals surface area (Å²) in [6.07, 6.45) is 3.85. The lowest BCUT2D eigenvalue weighted by Gasteiger charge is -2.38. The maximum atomic E-state index is 12.6. The van der Waals surface area contributed by atoms with Crippen LogP contribution in [0.1, 0.15) is 50.4 Å². The number of Topliss-reactive ketones (excluding diaryl/α,β-unsaturated/α-hetero) is 1. The number of nitrogens with zero attached hydrogens (tertiary/aromatic N) is 1. The van der Waals surface area contributed by atoms with Gasteiger partial charge in [-0.05, 0) is 26.3 Å². The monoisotopic (exact) mass is 259 g/mol. The number of rotatable bonds is 4. The Hall–Kier alpha value is -1.15. The largest absolute Gasteiger partial charge is 0.300 e. The Bertz CT molecular complexity index is 424. The zero-order valence-corrected chi connectivity index (χ0v) is 12.4. The Morgan fingerprint density at radius 3 is 2.58 bits per heavy atom. The van der Waals surface area contributed by atoms with Crippen molar-refractivity contribution in [3.63, 3.8) is 0 Å². The van der Waals surface area contributed by atoms with Crippen LogP contribution in [0.4, 0.5) is 0 Å². The SMILES string of the molecule is CC1CCCCN1CC(C)(C)C(=O)c1ccccc1. The minimum Gasteiger partial charge on any atom is -0.300 e. The first-order chi connectivity index (χ1) is 9.00. The number of likely N-dealkylation sites (tertiary alicyclic amines) is 1. The molecule has 0 radical (unpaired) electrons. The summed E-state index contributed by atoms with van der Waals surface area (Å²) in [5, 5.41) is 0. The molecule has 0 aromatic heterocycles. The van der Waals surface area contributed by atoms with Crippen LogP contribution in [0.15, 0.2) is 30.3 Å². The van der Waals surface area contributed by atoms with Gasteiger partial charge in [-0.25, -0.2) is 0 Å². The molecule has 104 valence electrons. The molecule has 0 spiro atoms. The fourth-order valence-electron chi connectivity index (χ4n) is 2.95. The molecule has 1 heterocycles. The van der Waals surface area contributed by atoms with E-state index in [2.05, 4.69) is 25.7 Å². The van der Waals surface area contributed by atoms with Crippen molar-refractivity contribution in [1.29, 1.82) is 0 Å². The third-order valence-electron chi connectivity index (χ3n) is 4.19. The van der Waals surface area contributed by atoms with Gasteiger partial charge in [0.15, 0.2) is 5.78 Å². The lowest BCUT2D eigenvalue weighted by molar-refractivity contribution is 0.0669. The van der Waals surface area contributed by atoms with Crippen LogP contribution in [0.2, 0.25) is 0 Å². The minimum atomic E-state index is -0.313. The van der Waals surface area contributed by atoms with E-state index in [4.69, 9.17) is 0 Å². The molecule has 2 nitrogen and oxygen atoms in total. The highest BCUT2D eigenvalue weighted by atomic mass is 16.1. The highest BCUT2D eigenvalue weighted by Gasteiger charge is 2.32. The van der Waals surface area contributed by atoms with Gasteiger partial charge in [-0.2, -0.15) is 0 Å². The van der Waals surface area contributed by atoms with Crippen LogP contribution in [0.5, 0.6) is 0 Å². The smallest absolute Gasteiger partial charge is 0.169 e. The normalized spacial score (nSPS) is 21.3. The Balaban J connectivity index is 2.07. The Labute approximate surface area is 116 Å². The number of hydrogen-bond acceptors (Lipinski definition) is 2. The van der Waals surface area contributed by atoms with E-state index in [1.165, 1.54) is 19.3 Å². The molecule has 1 aliphatic rings. The first kappa shape index (κ1) is 14.3. The molecule has 0 bridgehead atoms. The first-order valence-corrected chi connectivity index (χ1v) is 7.34. The zero-order chi connectivity index (χ0) is 13.9. The summed E-state index contributed by atoms with van der Waals surface area (Å²) in [7, 11) is 0. The molecule has 0 saturated carbocycles. The van der Waals surface area contributed by atoms with Crippen molar-refractivity contribution in [3.8, 4) is 0 Å². The van der Waals surface area contributed by atoms with Gasteiger partial charge < -0.3 is 0 Å². The predicted octanol–water partition coefficient (Wildman–Crippen LogP) is 3.77. The summed E-state index contributed by atoms with van der Waals surface area (Å²) < 4.78 is 0. The quantitative estimate of drug-likeness (QED) is 0.767. The van der Waals surface area contributed by atoms with Crippen LogP contribution < -0.4 is 0 Å². The van der Waals surface area contributed by atoms with Gasteiger partial charge in [0, 0.05) is 23.6 Å². The molecule has 1 unspecified atom stereocenters. The Morgan fingerprint density at radius 2 is 1.95 bits per heavy atom. The van der Waals surface area contributed by atoms with Crippen molar-refractivity contribution < 1.29 is 4.79 Å². The van der Waals surface area contributed by atoms with Crippen LogP contribution in [-0.4, -0.2) is 29.8 Å². The van der Waals surface area contributed by atoms with Gasteiger partial charge in [-0.1, -0.05) is 50.6 Å². The molecule has 0 N–H and O–H groups in total. The molecule has 1 saturated heterocycles. The number of hydrogen-bond donors (Lipinski definition) is 0. The van der Waals surface area contributed by atoms with E-state index in [-0.39, 0.29) is 11.2 Å². The maximum absolute atomic E-state index is 12.6. The fraction of sp³-hybridized carbons (Fsp3) is 0.588. The summed E-state index contributed by atoms with van der Waals surface area (Å²) in [6.45, 7) is 8.42. The molecule has 1 aromatic carbocycles.